The SMILES string of the molecule is CCCCCCCCCCCC(O)CCCC(CCCCC)S(=O)(=O)[O-].[K+]. The summed E-state index contributed by atoms with van der Waals surface area (Å²) in [7, 11) is -4.21. The molecule has 0 saturated heterocycles. The topological polar surface area (TPSA) is 77.4 Å². The fourth-order valence-corrected chi connectivity index (χ4v) is 4.38. The Balaban J connectivity index is 0. The van der Waals surface area contributed by atoms with E-state index in [1.54, 1.807) is 0 Å². The summed E-state index contributed by atoms with van der Waals surface area (Å²) in [5.41, 5.74) is 0. The maximum absolute atomic E-state index is 11.3. The van der Waals surface area contributed by atoms with E-state index < -0.39 is 15.4 Å². The number of aliphatic hydroxyl groups is 1. The van der Waals surface area contributed by atoms with Crippen LogP contribution >= 0.6 is 0 Å². The predicted octanol–water partition coefficient (Wildman–Crippen LogP) is 2.94. The van der Waals surface area contributed by atoms with Crippen LogP contribution in [0.5, 0.6) is 0 Å². The summed E-state index contributed by atoms with van der Waals surface area (Å²) in [5.74, 6) is 0. The van der Waals surface area contributed by atoms with Gasteiger partial charge in [0.05, 0.1) is 16.2 Å². The second-order valence-electron chi connectivity index (χ2n) is 7.81. The molecule has 2 atom stereocenters. The first kappa shape index (κ1) is 30.7. The number of rotatable bonds is 19. The van der Waals surface area contributed by atoms with Gasteiger partial charge in [0.25, 0.3) is 0 Å². The molecule has 0 bridgehead atoms. The Hall–Kier alpha value is 1.51. The zero-order valence-electron chi connectivity index (χ0n) is 18.3. The van der Waals surface area contributed by atoms with Crippen molar-refractivity contribution in [1.82, 2.24) is 0 Å². The van der Waals surface area contributed by atoms with E-state index in [0.29, 0.717) is 25.7 Å². The minimum Gasteiger partial charge on any atom is -0.748 e. The van der Waals surface area contributed by atoms with Gasteiger partial charge in [0.2, 0.25) is 0 Å². The molecule has 0 spiro atoms. The average molecular weight is 431 g/mol. The van der Waals surface area contributed by atoms with Crippen LogP contribution in [0.25, 0.3) is 0 Å². The van der Waals surface area contributed by atoms with Crippen LogP contribution in [-0.4, -0.2) is 29.4 Å². The fraction of sp³-hybridized carbons (Fsp3) is 1.00. The summed E-state index contributed by atoms with van der Waals surface area (Å²) < 4.78 is 34.0. The Bertz CT molecular complexity index is 401. The van der Waals surface area contributed by atoms with Crippen LogP contribution in [0.15, 0.2) is 0 Å². The summed E-state index contributed by atoms with van der Waals surface area (Å²) in [4.78, 5) is 0. The zero-order chi connectivity index (χ0) is 19.7. The smallest absolute Gasteiger partial charge is 0.748 e. The van der Waals surface area contributed by atoms with Gasteiger partial charge in [0.1, 0.15) is 0 Å². The fourth-order valence-electron chi connectivity index (χ4n) is 3.47. The second kappa shape index (κ2) is 20.8. The van der Waals surface area contributed by atoms with E-state index in [1.165, 1.54) is 51.4 Å². The summed E-state index contributed by atoms with van der Waals surface area (Å²) in [5, 5.41) is 9.28. The van der Waals surface area contributed by atoms with E-state index in [-0.39, 0.29) is 57.5 Å². The first-order valence-electron chi connectivity index (χ1n) is 11.0. The summed E-state index contributed by atoms with van der Waals surface area (Å²) in [6.07, 6.45) is 16.7. The maximum Gasteiger partial charge on any atom is 1.00 e. The van der Waals surface area contributed by atoms with Crippen LogP contribution < -0.4 is 51.4 Å². The number of aliphatic hydroxyl groups excluding tert-OH is 1. The first-order valence-corrected chi connectivity index (χ1v) is 12.5. The molecule has 0 aliphatic rings. The van der Waals surface area contributed by atoms with Gasteiger partial charge in [-0.25, -0.2) is 8.42 Å². The summed E-state index contributed by atoms with van der Waals surface area (Å²) >= 11 is 0. The Morgan fingerprint density at radius 1 is 0.667 bits per heavy atom. The molecule has 0 saturated carbocycles. The van der Waals surface area contributed by atoms with Crippen LogP contribution in [0, 0.1) is 0 Å². The zero-order valence-corrected chi connectivity index (χ0v) is 22.2. The van der Waals surface area contributed by atoms with Gasteiger partial charge in [-0.05, 0) is 32.1 Å². The molecule has 0 aromatic rings. The van der Waals surface area contributed by atoms with Gasteiger partial charge in [-0.3, -0.25) is 0 Å². The van der Waals surface area contributed by atoms with Crippen molar-refractivity contribution in [2.45, 2.75) is 134 Å². The first-order chi connectivity index (χ1) is 12.4. The maximum atomic E-state index is 11.3. The molecule has 0 amide bonds. The molecule has 0 aliphatic heterocycles. The standard InChI is InChI=1S/C21H44O4S.K/c1-3-5-7-8-9-10-11-12-14-16-20(22)17-15-19-21(26(23,24)25)18-13-6-4-2;/h20-22H,3-19H2,1-2H3,(H,23,24,25);/q;+1/p-1. The van der Waals surface area contributed by atoms with Crippen molar-refractivity contribution < 1.29 is 69.5 Å². The van der Waals surface area contributed by atoms with Gasteiger partial charge in [0.15, 0.2) is 0 Å². The second-order valence-corrected chi connectivity index (χ2v) is 9.46. The quantitative estimate of drug-likeness (QED) is 0.194. The van der Waals surface area contributed by atoms with Crippen molar-refractivity contribution in [1.29, 1.82) is 0 Å². The van der Waals surface area contributed by atoms with E-state index in [1.807, 2.05) is 0 Å². The Labute approximate surface area is 211 Å². The van der Waals surface area contributed by atoms with Crippen molar-refractivity contribution in [3.63, 3.8) is 0 Å². The van der Waals surface area contributed by atoms with Crippen LogP contribution in [0.3, 0.4) is 0 Å². The molecule has 0 radical (unpaired) electrons. The van der Waals surface area contributed by atoms with Crippen molar-refractivity contribution in [3.8, 4) is 0 Å². The molecule has 6 heteroatoms. The largest absolute Gasteiger partial charge is 1.00 e. The molecule has 158 valence electrons. The normalized spacial score (nSPS) is 13.9. The third-order valence-electron chi connectivity index (χ3n) is 5.24. The van der Waals surface area contributed by atoms with E-state index in [9.17, 15) is 18.1 Å². The molecule has 27 heavy (non-hydrogen) atoms. The summed E-state index contributed by atoms with van der Waals surface area (Å²) in [6, 6.07) is 0. The summed E-state index contributed by atoms with van der Waals surface area (Å²) in [6.45, 7) is 4.29. The molecule has 0 aliphatic carbocycles. The van der Waals surface area contributed by atoms with Crippen molar-refractivity contribution >= 4 is 10.1 Å². The van der Waals surface area contributed by atoms with Crippen LogP contribution in [0.4, 0.5) is 0 Å². The van der Waals surface area contributed by atoms with Gasteiger partial charge in [-0.2, -0.15) is 0 Å². The average Bonchev–Trinajstić information content (AvgIpc) is 2.58. The van der Waals surface area contributed by atoms with Gasteiger partial charge < -0.3 is 9.66 Å². The molecule has 0 aromatic heterocycles. The molecule has 0 fully saturated rings. The van der Waals surface area contributed by atoms with E-state index in [2.05, 4.69) is 13.8 Å². The third-order valence-corrected chi connectivity index (χ3v) is 6.53. The number of hydrogen-bond donors (Lipinski definition) is 1. The van der Waals surface area contributed by atoms with Crippen LogP contribution in [0.2, 0.25) is 0 Å². The van der Waals surface area contributed by atoms with Gasteiger partial charge in [-0.1, -0.05) is 90.9 Å². The van der Waals surface area contributed by atoms with Crippen molar-refractivity contribution in [2.24, 2.45) is 0 Å². The third kappa shape index (κ3) is 20.6. The molecular formula is C21H43KO4S. The van der Waals surface area contributed by atoms with Crippen molar-refractivity contribution in [3.05, 3.63) is 0 Å². The monoisotopic (exact) mass is 430 g/mol. The van der Waals surface area contributed by atoms with Gasteiger partial charge >= 0.3 is 51.4 Å². The Morgan fingerprint density at radius 2 is 1.04 bits per heavy atom. The molecule has 2 unspecified atom stereocenters. The predicted molar refractivity (Wildman–Crippen MR) is 109 cm³/mol. The molecule has 0 rings (SSSR count). The Kier molecular flexibility index (Phi) is 23.6. The van der Waals surface area contributed by atoms with Crippen molar-refractivity contribution in [2.75, 3.05) is 0 Å². The molecule has 0 aromatic carbocycles. The molecular weight excluding hydrogens is 387 g/mol. The van der Waals surface area contributed by atoms with E-state index >= 15 is 0 Å². The van der Waals surface area contributed by atoms with Crippen LogP contribution in [0.1, 0.15) is 123 Å². The molecule has 0 heterocycles. The minimum absolute atomic E-state index is 0. The molecule has 1 N–H and O–H groups in total. The van der Waals surface area contributed by atoms with E-state index in [4.69, 9.17) is 0 Å². The molecule has 4 nitrogen and oxygen atoms in total. The number of unbranched alkanes of at least 4 members (excludes halogenated alkanes) is 10. The minimum atomic E-state index is -4.21. The number of hydrogen-bond acceptors (Lipinski definition) is 4. The van der Waals surface area contributed by atoms with Gasteiger partial charge in [-0.15, -0.1) is 0 Å². The Morgan fingerprint density at radius 3 is 1.56 bits per heavy atom. The van der Waals surface area contributed by atoms with E-state index in [0.717, 1.165) is 32.1 Å². The van der Waals surface area contributed by atoms with Crippen LogP contribution in [-0.2, 0) is 10.1 Å². The van der Waals surface area contributed by atoms with Gasteiger partial charge in [0, 0.05) is 5.25 Å².